The van der Waals surface area contributed by atoms with Crippen LogP contribution in [0.1, 0.15) is 17.7 Å². The molecule has 1 aliphatic heterocycles. The molecule has 1 fully saturated rings. The quantitative estimate of drug-likeness (QED) is 0.486. The number of nitrogens with zero attached hydrogens (tertiary/aromatic N) is 4. The molecule has 1 aromatic heterocycles. The molecular formula is C10H15N5O2S. The molecule has 2 heterocycles. The number of thiazole rings is 1. The summed E-state index contributed by atoms with van der Waals surface area (Å²) in [6.45, 7) is 1.92. The molecule has 0 spiro atoms. The van der Waals surface area contributed by atoms with E-state index in [-0.39, 0.29) is 5.92 Å². The van der Waals surface area contributed by atoms with Gasteiger partial charge in [-0.15, -0.1) is 0 Å². The van der Waals surface area contributed by atoms with Gasteiger partial charge in [-0.05, 0) is 12.8 Å². The van der Waals surface area contributed by atoms with Crippen molar-refractivity contribution in [1.29, 1.82) is 0 Å². The third kappa shape index (κ3) is 2.95. The first-order chi connectivity index (χ1) is 8.70. The molecule has 0 unspecified atom stereocenters. The zero-order valence-electron chi connectivity index (χ0n) is 9.82. The highest BCUT2D eigenvalue weighted by molar-refractivity contribution is 7.15. The lowest BCUT2D eigenvalue weighted by Gasteiger charge is -2.29. The highest BCUT2D eigenvalue weighted by atomic mass is 32.1. The molecule has 2 rings (SSSR count). The van der Waals surface area contributed by atoms with E-state index in [1.807, 2.05) is 0 Å². The standard InChI is InChI=1S/C10H15N5O2S/c11-14-13-6-8-5-12-10(18-8)15-3-1-7(2-4-15)9(16)17/h5,7H,1-4,6H2,(H2,11,13)(H,16,17). The maximum Gasteiger partial charge on any atom is 0.306 e. The van der Waals surface area contributed by atoms with E-state index in [0.717, 1.165) is 23.1 Å². The third-order valence-electron chi connectivity index (χ3n) is 2.96. The first-order valence-electron chi connectivity index (χ1n) is 5.70. The summed E-state index contributed by atoms with van der Waals surface area (Å²) in [4.78, 5) is 18.3. The minimum absolute atomic E-state index is 0.216. The van der Waals surface area contributed by atoms with Crippen LogP contribution in [0.3, 0.4) is 0 Å². The van der Waals surface area contributed by atoms with Crippen LogP contribution in [0.25, 0.3) is 0 Å². The predicted octanol–water partition coefficient (Wildman–Crippen LogP) is 1.27. The fourth-order valence-corrected chi connectivity index (χ4v) is 2.82. The minimum atomic E-state index is -0.696. The summed E-state index contributed by atoms with van der Waals surface area (Å²) in [5.41, 5.74) is 0. The molecular weight excluding hydrogens is 254 g/mol. The Morgan fingerprint density at radius 3 is 2.94 bits per heavy atom. The zero-order valence-corrected chi connectivity index (χ0v) is 10.6. The van der Waals surface area contributed by atoms with Crippen molar-refractivity contribution in [2.75, 3.05) is 18.0 Å². The summed E-state index contributed by atoms with van der Waals surface area (Å²) in [6.07, 6.45) is 3.11. The first-order valence-corrected chi connectivity index (χ1v) is 6.51. The van der Waals surface area contributed by atoms with Crippen LogP contribution in [0.5, 0.6) is 0 Å². The van der Waals surface area contributed by atoms with E-state index < -0.39 is 5.97 Å². The summed E-state index contributed by atoms with van der Waals surface area (Å²) < 4.78 is 0. The molecule has 0 aromatic carbocycles. The molecule has 0 atom stereocenters. The summed E-state index contributed by atoms with van der Waals surface area (Å²) in [5.74, 6) is 4.03. The van der Waals surface area contributed by atoms with Gasteiger partial charge in [0.25, 0.3) is 0 Å². The van der Waals surface area contributed by atoms with Crippen molar-refractivity contribution in [1.82, 2.24) is 4.98 Å². The molecule has 1 saturated heterocycles. The molecule has 0 aliphatic carbocycles. The number of nitrogens with two attached hydrogens (primary N) is 1. The largest absolute Gasteiger partial charge is 0.481 e. The Kier molecular flexibility index (Phi) is 4.08. The minimum Gasteiger partial charge on any atom is -0.481 e. The molecule has 1 aromatic rings. The van der Waals surface area contributed by atoms with Gasteiger partial charge in [-0.3, -0.25) is 4.79 Å². The number of aromatic nitrogens is 1. The molecule has 0 radical (unpaired) electrons. The molecule has 18 heavy (non-hydrogen) atoms. The lowest BCUT2D eigenvalue weighted by molar-refractivity contribution is -0.142. The number of aliphatic carboxylic acids is 1. The molecule has 3 N–H and O–H groups in total. The number of carboxylic acid groups (broad SMARTS) is 1. The van der Waals surface area contributed by atoms with Crippen LogP contribution in [0.15, 0.2) is 16.5 Å². The Morgan fingerprint density at radius 1 is 1.61 bits per heavy atom. The fraction of sp³-hybridized carbons (Fsp3) is 0.600. The molecule has 7 nitrogen and oxygen atoms in total. The number of piperidine rings is 1. The molecule has 98 valence electrons. The molecule has 1 aliphatic rings. The van der Waals surface area contributed by atoms with Gasteiger partial charge < -0.3 is 15.8 Å². The van der Waals surface area contributed by atoms with Crippen LogP contribution < -0.4 is 10.7 Å². The zero-order chi connectivity index (χ0) is 13.0. The van der Waals surface area contributed by atoms with Crippen LogP contribution in [-0.4, -0.2) is 29.1 Å². The summed E-state index contributed by atoms with van der Waals surface area (Å²) in [5, 5.41) is 16.8. The van der Waals surface area contributed by atoms with Gasteiger partial charge in [0.2, 0.25) is 0 Å². The summed E-state index contributed by atoms with van der Waals surface area (Å²) in [6, 6.07) is 0. The molecule has 8 heteroatoms. The second-order valence-electron chi connectivity index (χ2n) is 4.12. The number of carboxylic acids is 1. The fourth-order valence-electron chi connectivity index (χ4n) is 1.94. The lowest BCUT2D eigenvalue weighted by Crippen LogP contribution is -2.36. The lowest BCUT2D eigenvalue weighted by atomic mass is 9.98. The normalized spacial score (nSPS) is 17.4. The van der Waals surface area contributed by atoms with Crippen LogP contribution in [-0.2, 0) is 11.3 Å². The maximum absolute atomic E-state index is 10.9. The van der Waals surface area contributed by atoms with Gasteiger partial charge in [-0.1, -0.05) is 16.6 Å². The predicted molar refractivity (Wildman–Crippen MR) is 67.4 cm³/mol. The number of carbonyl (C=O) groups is 1. The van der Waals surface area contributed by atoms with Crippen LogP contribution in [0.2, 0.25) is 0 Å². The number of hydrogen-bond acceptors (Lipinski definition) is 6. The van der Waals surface area contributed by atoms with Crippen LogP contribution >= 0.6 is 11.3 Å². The third-order valence-corrected chi connectivity index (χ3v) is 4.01. The second kappa shape index (κ2) is 5.76. The Labute approximate surface area is 108 Å². The van der Waals surface area contributed by atoms with Crippen molar-refractivity contribution < 1.29 is 9.90 Å². The summed E-state index contributed by atoms with van der Waals surface area (Å²) in [7, 11) is 0. The van der Waals surface area contributed by atoms with E-state index in [9.17, 15) is 4.79 Å². The van der Waals surface area contributed by atoms with Gasteiger partial charge in [-0.25, -0.2) is 4.98 Å². The van der Waals surface area contributed by atoms with E-state index in [1.165, 1.54) is 0 Å². The molecule has 0 amide bonds. The van der Waals surface area contributed by atoms with Crippen molar-refractivity contribution in [2.45, 2.75) is 19.4 Å². The topological polar surface area (TPSA) is 104 Å². The van der Waals surface area contributed by atoms with E-state index in [4.69, 9.17) is 10.9 Å². The highest BCUT2D eigenvalue weighted by Crippen LogP contribution is 2.27. The SMILES string of the molecule is NN=NCc1cnc(N2CCC(C(=O)O)CC2)s1. The monoisotopic (exact) mass is 269 g/mol. The van der Waals surface area contributed by atoms with Gasteiger partial charge in [0, 0.05) is 24.2 Å². The van der Waals surface area contributed by atoms with Crippen molar-refractivity contribution in [3.63, 3.8) is 0 Å². The highest BCUT2D eigenvalue weighted by Gasteiger charge is 2.25. The Bertz CT molecular complexity index is 439. The van der Waals surface area contributed by atoms with Crippen LogP contribution in [0.4, 0.5) is 5.13 Å². The number of rotatable bonds is 4. The van der Waals surface area contributed by atoms with Crippen molar-refractivity contribution in [2.24, 2.45) is 22.1 Å². The average molecular weight is 269 g/mol. The first kappa shape index (κ1) is 12.7. The van der Waals surface area contributed by atoms with E-state index in [0.29, 0.717) is 19.4 Å². The van der Waals surface area contributed by atoms with Crippen LogP contribution in [0, 0.1) is 5.92 Å². The number of anilines is 1. The van der Waals surface area contributed by atoms with Gasteiger partial charge in [0.15, 0.2) is 5.13 Å². The number of hydrogen-bond donors (Lipinski definition) is 2. The molecule has 0 bridgehead atoms. The average Bonchev–Trinajstić information content (AvgIpc) is 2.85. The van der Waals surface area contributed by atoms with Crippen molar-refractivity contribution >= 4 is 22.4 Å². The smallest absolute Gasteiger partial charge is 0.306 e. The Hall–Kier alpha value is -1.70. The Morgan fingerprint density at radius 2 is 2.33 bits per heavy atom. The van der Waals surface area contributed by atoms with Gasteiger partial charge >= 0.3 is 5.97 Å². The van der Waals surface area contributed by atoms with Crippen molar-refractivity contribution in [3.8, 4) is 0 Å². The van der Waals surface area contributed by atoms with E-state index in [1.54, 1.807) is 17.5 Å². The second-order valence-corrected chi connectivity index (χ2v) is 5.22. The maximum atomic E-state index is 10.9. The van der Waals surface area contributed by atoms with Gasteiger partial charge in [0.05, 0.1) is 12.5 Å². The molecule has 0 saturated carbocycles. The van der Waals surface area contributed by atoms with Crippen molar-refractivity contribution in [3.05, 3.63) is 11.1 Å². The van der Waals surface area contributed by atoms with E-state index >= 15 is 0 Å². The van der Waals surface area contributed by atoms with E-state index in [2.05, 4.69) is 20.2 Å². The van der Waals surface area contributed by atoms with Gasteiger partial charge in [0.1, 0.15) is 0 Å². The van der Waals surface area contributed by atoms with Gasteiger partial charge in [-0.2, -0.15) is 5.11 Å². The summed E-state index contributed by atoms with van der Waals surface area (Å²) >= 11 is 1.55. The Balaban J connectivity index is 1.93.